The quantitative estimate of drug-likeness (QED) is 0.643. The van der Waals surface area contributed by atoms with Gasteiger partial charge in [0.2, 0.25) is 0 Å². The Hall–Kier alpha value is -3.54. The third-order valence-corrected chi connectivity index (χ3v) is 5.65. The number of rotatable bonds is 7. The van der Waals surface area contributed by atoms with Crippen LogP contribution in [0.15, 0.2) is 59.3 Å². The summed E-state index contributed by atoms with van der Waals surface area (Å²) in [5.41, 5.74) is 4.53. The lowest BCUT2D eigenvalue weighted by Crippen LogP contribution is -2.29. The first-order valence-electron chi connectivity index (χ1n) is 10.9. The number of hydrogen-bond donors (Lipinski definition) is 1. The molecule has 0 spiro atoms. The van der Waals surface area contributed by atoms with E-state index in [1.807, 2.05) is 63.2 Å². The van der Waals surface area contributed by atoms with Crippen molar-refractivity contribution in [3.05, 3.63) is 76.0 Å². The number of ether oxygens (including phenoxy) is 3. The molecular weight excluding hydrogens is 406 g/mol. The van der Waals surface area contributed by atoms with Crippen LogP contribution in [0.4, 0.5) is 0 Å². The van der Waals surface area contributed by atoms with Crippen LogP contribution in [0.5, 0.6) is 11.5 Å². The SMILES string of the molecule is CCOC(=O)C1=C(C)NC2=C(C(=O)c3ccccc32)[C@H]1c1ccc(OCC)cc1OCC. The summed E-state index contributed by atoms with van der Waals surface area (Å²) in [5, 5.41) is 3.31. The van der Waals surface area contributed by atoms with Gasteiger partial charge in [0.1, 0.15) is 11.5 Å². The molecule has 1 heterocycles. The van der Waals surface area contributed by atoms with E-state index in [1.54, 1.807) is 6.92 Å². The highest BCUT2D eigenvalue weighted by Gasteiger charge is 2.43. The molecule has 0 saturated carbocycles. The summed E-state index contributed by atoms with van der Waals surface area (Å²) >= 11 is 0. The fourth-order valence-corrected chi connectivity index (χ4v) is 4.41. The van der Waals surface area contributed by atoms with Crippen molar-refractivity contribution < 1.29 is 23.8 Å². The van der Waals surface area contributed by atoms with Crippen molar-refractivity contribution in [3.63, 3.8) is 0 Å². The number of Topliss-reactive ketones (excluding diaryl/α,β-unsaturated/α-hetero) is 1. The summed E-state index contributed by atoms with van der Waals surface area (Å²) in [5.74, 6) is 0.0770. The Morgan fingerprint density at radius 2 is 1.69 bits per heavy atom. The van der Waals surface area contributed by atoms with Crippen molar-refractivity contribution in [2.45, 2.75) is 33.6 Å². The van der Waals surface area contributed by atoms with Gasteiger partial charge >= 0.3 is 5.97 Å². The van der Waals surface area contributed by atoms with Gasteiger partial charge in [0.15, 0.2) is 5.78 Å². The maximum absolute atomic E-state index is 13.5. The number of esters is 1. The number of hydrogen-bond acceptors (Lipinski definition) is 6. The Bertz CT molecular complexity index is 1140. The molecule has 0 saturated heterocycles. The molecule has 0 amide bonds. The lowest BCUT2D eigenvalue weighted by molar-refractivity contribution is -0.138. The van der Waals surface area contributed by atoms with Gasteiger partial charge in [0.05, 0.1) is 37.0 Å². The van der Waals surface area contributed by atoms with Crippen molar-refractivity contribution >= 4 is 17.4 Å². The van der Waals surface area contributed by atoms with E-state index in [9.17, 15) is 9.59 Å². The van der Waals surface area contributed by atoms with Crippen LogP contribution >= 0.6 is 0 Å². The number of nitrogens with one attached hydrogen (secondary N) is 1. The lowest BCUT2D eigenvalue weighted by atomic mass is 9.79. The minimum absolute atomic E-state index is 0.0984. The van der Waals surface area contributed by atoms with E-state index in [0.717, 1.165) is 16.8 Å². The molecule has 4 rings (SSSR count). The van der Waals surface area contributed by atoms with Crippen LogP contribution in [-0.2, 0) is 9.53 Å². The summed E-state index contributed by atoms with van der Waals surface area (Å²) in [6, 6.07) is 13.0. The Morgan fingerprint density at radius 3 is 2.38 bits per heavy atom. The summed E-state index contributed by atoms with van der Waals surface area (Å²) < 4.78 is 17.0. The highest BCUT2D eigenvalue weighted by molar-refractivity contribution is 6.23. The van der Waals surface area contributed by atoms with E-state index in [-0.39, 0.29) is 12.4 Å². The number of allylic oxidation sites excluding steroid dienone is 2. The van der Waals surface area contributed by atoms with E-state index < -0.39 is 11.9 Å². The van der Waals surface area contributed by atoms with Crippen LogP contribution in [-0.4, -0.2) is 31.6 Å². The lowest BCUT2D eigenvalue weighted by Gasteiger charge is -2.30. The average molecular weight is 434 g/mol. The van der Waals surface area contributed by atoms with Crippen LogP contribution in [0.2, 0.25) is 0 Å². The van der Waals surface area contributed by atoms with Gasteiger partial charge in [-0.25, -0.2) is 4.79 Å². The van der Waals surface area contributed by atoms with E-state index >= 15 is 0 Å². The Balaban J connectivity index is 1.94. The predicted octanol–water partition coefficient (Wildman–Crippen LogP) is 4.62. The van der Waals surface area contributed by atoms with Crippen LogP contribution in [0.3, 0.4) is 0 Å². The van der Waals surface area contributed by atoms with Gasteiger partial charge in [-0.05, 0) is 33.8 Å². The van der Waals surface area contributed by atoms with Gasteiger partial charge in [0, 0.05) is 34.0 Å². The summed E-state index contributed by atoms with van der Waals surface area (Å²) in [6.07, 6.45) is 0. The van der Waals surface area contributed by atoms with Gasteiger partial charge in [-0.1, -0.05) is 30.3 Å². The number of ketones is 1. The molecule has 0 fully saturated rings. The molecule has 0 bridgehead atoms. The molecular formula is C26H27NO5. The minimum Gasteiger partial charge on any atom is -0.494 e. The third-order valence-electron chi connectivity index (χ3n) is 5.65. The van der Waals surface area contributed by atoms with Crippen LogP contribution in [0.25, 0.3) is 5.70 Å². The highest BCUT2D eigenvalue weighted by Crippen LogP contribution is 2.49. The molecule has 1 aliphatic carbocycles. The molecule has 1 atom stereocenters. The van der Waals surface area contributed by atoms with Gasteiger partial charge in [-0.2, -0.15) is 0 Å². The molecule has 2 aromatic carbocycles. The normalized spacial score (nSPS) is 17.0. The second-order valence-electron chi connectivity index (χ2n) is 7.55. The zero-order valence-corrected chi connectivity index (χ0v) is 18.8. The van der Waals surface area contributed by atoms with E-state index in [2.05, 4.69) is 5.32 Å². The Labute approximate surface area is 187 Å². The first kappa shape index (κ1) is 21.7. The number of fused-ring (bicyclic) bond motifs is 2. The number of carbonyl (C=O) groups excluding carboxylic acids is 2. The first-order chi connectivity index (χ1) is 15.5. The van der Waals surface area contributed by atoms with Gasteiger partial charge in [0.25, 0.3) is 0 Å². The Morgan fingerprint density at radius 1 is 0.969 bits per heavy atom. The summed E-state index contributed by atoms with van der Waals surface area (Å²) in [6.45, 7) is 8.61. The molecule has 0 radical (unpaired) electrons. The molecule has 2 aromatic rings. The van der Waals surface area contributed by atoms with Crippen molar-refractivity contribution in [3.8, 4) is 11.5 Å². The van der Waals surface area contributed by atoms with Gasteiger partial charge < -0.3 is 19.5 Å². The second kappa shape index (κ2) is 8.91. The smallest absolute Gasteiger partial charge is 0.336 e. The topological polar surface area (TPSA) is 73.9 Å². The van der Waals surface area contributed by atoms with Crippen molar-refractivity contribution in [2.24, 2.45) is 0 Å². The van der Waals surface area contributed by atoms with Crippen LogP contribution in [0, 0.1) is 0 Å². The molecule has 6 nitrogen and oxygen atoms in total. The number of carbonyl (C=O) groups is 2. The molecule has 1 aliphatic heterocycles. The first-order valence-corrected chi connectivity index (χ1v) is 10.9. The summed E-state index contributed by atoms with van der Waals surface area (Å²) in [4.78, 5) is 26.6. The molecule has 166 valence electrons. The molecule has 0 unspecified atom stereocenters. The zero-order chi connectivity index (χ0) is 22.8. The van der Waals surface area contributed by atoms with Gasteiger partial charge in [-0.15, -0.1) is 0 Å². The molecule has 32 heavy (non-hydrogen) atoms. The van der Waals surface area contributed by atoms with Gasteiger partial charge in [-0.3, -0.25) is 4.79 Å². The number of dihydropyridines is 1. The molecule has 2 aliphatic rings. The summed E-state index contributed by atoms with van der Waals surface area (Å²) in [7, 11) is 0. The monoisotopic (exact) mass is 433 g/mol. The maximum atomic E-state index is 13.5. The van der Waals surface area contributed by atoms with Crippen LogP contribution < -0.4 is 14.8 Å². The standard InChI is InChI=1S/C26H27NO5/c1-5-30-16-12-13-19(20(14-16)31-6-2)22-21(26(29)32-7-3)15(4)27-24-17-10-8-9-11-18(17)25(28)23(22)24/h8-14,22,27H,5-7H2,1-4H3/t22-/m0/s1. The minimum atomic E-state index is -0.623. The average Bonchev–Trinajstić information content (AvgIpc) is 3.06. The third kappa shape index (κ3) is 3.55. The van der Waals surface area contributed by atoms with Crippen molar-refractivity contribution in [2.75, 3.05) is 19.8 Å². The molecule has 0 aromatic heterocycles. The fourth-order valence-electron chi connectivity index (χ4n) is 4.41. The zero-order valence-electron chi connectivity index (χ0n) is 18.8. The van der Waals surface area contributed by atoms with Crippen molar-refractivity contribution in [1.29, 1.82) is 0 Å². The van der Waals surface area contributed by atoms with Crippen molar-refractivity contribution in [1.82, 2.24) is 5.32 Å². The molecule has 1 N–H and O–H groups in total. The van der Waals surface area contributed by atoms with Crippen LogP contribution in [0.1, 0.15) is 55.1 Å². The van der Waals surface area contributed by atoms with E-state index in [0.29, 0.717) is 47.1 Å². The van der Waals surface area contributed by atoms with E-state index in [4.69, 9.17) is 14.2 Å². The highest BCUT2D eigenvalue weighted by atomic mass is 16.5. The Kier molecular flexibility index (Phi) is 6.04. The largest absolute Gasteiger partial charge is 0.494 e. The number of benzene rings is 2. The fraction of sp³-hybridized carbons (Fsp3) is 0.308. The maximum Gasteiger partial charge on any atom is 0.336 e. The predicted molar refractivity (Wildman–Crippen MR) is 122 cm³/mol. The second-order valence-corrected chi connectivity index (χ2v) is 7.55. The molecule has 6 heteroatoms. The van der Waals surface area contributed by atoms with E-state index in [1.165, 1.54) is 0 Å².